The molecule has 0 saturated carbocycles. The predicted molar refractivity (Wildman–Crippen MR) is 83.7 cm³/mol. The Kier molecular flexibility index (Phi) is 3.20. The summed E-state index contributed by atoms with van der Waals surface area (Å²) in [6.45, 7) is 0. The molecule has 0 spiro atoms. The zero-order valence-corrected chi connectivity index (χ0v) is 15.1. The van der Waals surface area contributed by atoms with Crippen LogP contribution in [0.1, 0.15) is 0 Å². The summed E-state index contributed by atoms with van der Waals surface area (Å²) in [6, 6.07) is 8.61. The number of aromatic nitrogens is 2. The average Bonchev–Trinajstić information content (AvgIpc) is 2.96. The van der Waals surface area contributed by atoms with Gasteiger partial charge in [-0.3, -0.25) is 0 Å². The van der Waals surface area contributed by atoms with Crippen LogP contribution in [0.4, 0.5) is 0 Å². The summed E-state index contributed by atoms with van der Waals surface area (Å²) in [6.07, 6.45) is 0. The predicted octanol–water partition coefficient (Wildman–Crippen LogP) is 3.97. The first-order valence-corrected chi connectivity index (χ1v) is 17.5. The topological polar surface area (TPSA) is 25.8 Å². The van der Waals surface area contributed by atoms with Gasteiger partial charge in [0, 0.05) is 0 Å². The van der Waals surface area contributed by atoms with Crippen LogP contribution in [0, 0.1) is 0 Å². The van der Waals surface area contributed by atoms with E-state index in [1.54, 1.807) is 3.58 Å². The van der Waals surface area contributed by atoms with Crippen molar-refractivity contribution in [1.29, 1.82) is 0 Å². The fourth-order valence-corrected chi connectivity index (χ4v) is 10.4. The van der Waals surface area contributed by atoms with E-state index in [1.807, 2.05) is 17.4 Å². The van der Waals surface area contributed by atoms with Crippen LogP contribution >= 0.6 is 23.1 Å². The number of thiophene rings is 1. The molecule has 0 atom stereocenters. The van der Waals surface area contributed by atoms with Crippen molar-refractivity contribution >= 4 is 56.1 Å². The molecule has 92 valence electrons. The molecule has 0 N–H and O–H groups in total. The third-order valence-electron chi connectivity index (χ3n) is 3.00. The Labute approximate surface area is 119 Å². The molecule has 0 radical (unpaired) electrons. The molecule has 2 heterocycles. The van der Waals surface area contributed by atoms with E-state index in [1.165, 1.54) is 22.2 Å². The number of hydrogen-bond acceptors (Lipinski definition) is 4. The molecule has 0 amide bonds. The van der Waals surface area contributed by atoms with E-state index in [0.29, 0.717) is 0 Å². The third kappa shape index (κ3) is 2.10. The van der Waals surface area contributed by atoms with Crippen molar-refractivity contribution in [3.05, 3.63) is 29.6 Å². The monoisotopic (exact) mass is 382 g/mol. The number of hydrogen-bond donors (Lipinski definition) is 0. The van der Waals surface area contributed by atoms with Crippen molar-refractivity contribution in [2.75, 3.05) is 0 Å². The van der Waals surface area contributed by atoms with Gasteiger partial charge in [0.1, 0.15) is 0 Å². The molecule has 1 aromatic carbocycles. The molecular formula is C13H14N2S2Sn. The Morgan fingerprint density at radius 1 is 1.06 bits per heavy atom. The Morgan fingerprint density at radius 2 is 1.89 bits per heavy atom. The maximum atomic E-state index is 4.46. The second-order valence-corrected chi connectivity index (χ2v) is 21.2. The third-order valence-corrected chi connectivity index (χ3v) is 10.8. The van der Waals surface area contributed by atoms with Gasteiger partial charge in [-0.15, -0.1) is 0 Å². The first-order valence-electron chi connectivity index (χ1n) is 5.87. The molecule has 0 aliphatic rings. The van der Waals surface area contributed by atoms with E-state index in [4.69, 9.17) is 0 Å². The molecule has 0 aliphatic heterocycles. The van der Waals surface area contributed by atoms with E-state index in [2.05, 4.69) is 47.1 Å². The quantitative estimate of drug-likeness (QED) is 0.628. The second-order valence-electron chi connectivity index (χ2n) is 5.35. The zero-order chi connectivity index (χ0) is 12.8. The Bertz CT molecular complexity index is 694. The van der Waals surface area contributed by atoms with Gasteiger partial charge >= 0.3 is 120 Å². The molecule has 0 saturated heterocycles. The number of rotatable bonds is 2. The van der Waals surface area contributed by atoms with Crippen molar-refractivity contribution in [2.45, 2.75) is 14.8 Å². The van der Waals surface area contributed by atoms with Gasteiger partial charge in [0.05, 0.1) is 0 Å². The Hall–Kier alpha value is -0.461. The van der Waals surface area contributed by atoms with Crippen LogP contribution in [0.5, 0.6) is 0 Å². The minimum atomic E-state index is -2.06. The molecule has 0 bridgehead atoms. The molecule has 2 aromatic heterocycles. The SMILES string of the molecule is [CH3][Sn]([CH3])([CH3])[c]1ccsc1-c1cccc2nsnc12. The van der Waals surface area contributed by atoms with Gasteiger partial charge in [-0.2, -0.15) is 0 Å². The summed E-state index contributed by atoms with van der Waals surface area (Å²) in [4.78, 5) is 8.79. The van der Waals surface area contributed by atoms with Gasteiger partial charge in [0.25, 0.3) is 0 Å². The number of fused-ring (bicyclic) bond motifs is 1. The van der Waals surface area contributed by atoms with Crippen molar-refractivity contribution in [1.82, 2.24) is 8.75 Å². The molecule has 0 unspecified atom stereocenters. The minimum absolute atomic E-state index is 1.01. The summed E-state index contributed by atoms with van der Waals surface area (Å²) in [7, 11) is 0. The summed E-state index contributed by atoms with van der Waals surface area (Å²) in [5.74, 6) is 0. The van der Waals surface area contributed by atoms with Crippen LogP contribution in [0.15, 0.2) is 29.6 Å². The number of benzene rings is 1. The summed E-state index contributed by atoms with van der Waals surface area (Å²) in [5, 5.41) is 2.21. The van der Waals surface area contributed by atoms with Gasteiger partial charge < -0.3 is 0 Å². The molecule has 18 heavy (non-hydrogen) atoms. The van der Waals surface area contributed by atoms with Gasteiger partial charge in [-0.05, 0) is 0 Å². The van der Waals surface area contributed by atoms with Crippen LogP contribution in [0.25, 0.3) is 21.5 Å². The molecule has 3 aromatic rings. The average molecular weight is 381 g/mol. The maximum absolute atomic E-state index is 4.46. The Balaban J connectivity index is 2.27. The van der Waals surface area contributed by atoms with Crippen LogP contribution in [-0.4, -0.2) is 27.1 Å². The first-order chi connectivity index (χ1) is 8.57. The summed E-state index contributed by atoms with van der Waals surface area (Å²) >= 11 is 1.08. The van der Waals surface area contributed by atoms with E-state index in [-0.39, 0.29) is 0 Å². The first kappa shape index (κ1) is 12.6. The van der Waals surface area contributed by atoms with Gasteiger partial charge in [-0.1, -0.05) is 0 Å². The van der Waals surface area contributed by atoms with E-state index < -0.39 is 18.4 Å². The summed E-state index contributed by atoms with van der Waals surface area (Å²) < 4.78 is 10.4. The molecule has 0 fully saturated rings. The van der Waals surface area contributed by atoms with Gasteiger partial charge in [0.15, 0.2) is 0 Å². The van der Waals surface area contributed by atoms with Crippen molar-refractivity contribution in [2.24, 2.45) is 0 Å². The number of nitrogens with zero attached hydrogens (tertiary/aromatic N) is 2. The van der Waals surface area contributed by atoms with Gasteiger partial charge in [0.2, 0.25) is 0 Å². The standard InChI is InChI=1S/C10H5N2S2.3CH3.Sn/c1-3-7(9-5-2-6-13-9)10-8(4-1)11-14-12-10;;;;/h1-4,6H;3*1H3;. The van der Waals surface area contributed by atoms with Crippen molar-refractivity contribution in [3.63, 3.8) is 0 Å². The molecule has 2 nitrogen and oxygen atoms in total. The van der Waals surface area contributed by atoms with Crippen LogP contribution in [0.3, 0.4) is 0 Å². The summed E-state index contributed by atoms with van der Waals surface area (Å²) in [5.41, 5.74) is 3.33. The van der Waals surface area contributed by atoms with E-state index in [0.717, 1.165) is 11.0 Å². The fraction of sp³-hybridized carbons (Fsp3) is 0.231. The normalized spacial score (nSPS) is 12.2. The molecule has 3 rings (SSSR count). The van der Waals surface area contributed by atoms with Gasteiger partial charge in [-0.25, -0.2) is 0 Å². The zero-order valence-electron chi connectivity index (χ0n) is 10.6. The van der Waals surface area contributed by atoms with Crippen LogP contribution in [0.2, 0.25) is 14.8 Å². The molecular weight excluding hydrogens is 367 g/mol. The van der Waals surface area contributed by atoms with Crippen molar-refractivity contribution < 1.29 is 0 Å². The van der Waals surface area contributed by atoms with E-state index in [9.17, 15) is 0 Å². The fourth-order valence-electron chi connectivity index (χ4n) is 2.10. The Morgan fingerprint density at radius 3 is 2.67 bits per heavy atom. The van der Waals surface area contributed by atoms with Crippen LogP contribution < -0.4 is 3.58 Å². The second kappa shape index (κ2) is 4.58. The molecule has 5 heteroatoms. The van der Waals surface area contributed by atoms with Crippen LogP contribution in [-0.2, 0) is 0 Å². The van der Waals surface area contributed by atoms with E-state index >= 15 is 0 Å². The molecule has 0 aliphatic carbocycles. The van der Waals surface area contributed by atoms with Crippen molar-refractivity contribution in [3.8, 4) is 10.4 Å².